The number of aromatic nitrogens is 1. The Hall–Kier alpha value is -1.19. The first kappa shape index (κ1) is 10.3. The maximum atomic E-state index is 6.06. The Labute approximate surface area is 93.2 Å². The van der Waals surface area contributed by atoms with Crippen molar-refractivity contribution in [2.45, 2.75) is 13.5 Å². The first-order valence-corrected chi connectivity index (χ1v) is 5.10. The second kappa shape index (κ2) is 3.76. The summed E-state index contributed by atoms with van der Waals surface area (Å²) < 4.78 is 5.31. The van der Waals surface area contributed by atoms with Gasteiger partial charge in [0.1, 0.15) is 5.75 Å². The van der Waals surface area contributed by atoms with Crippen molar-refractivity contribution in [1.82, 2.24) is 4.98 Å². The van der Waals surface area contributed by atoms with Gasteiger partial charge in [0.15, 0.2) is 0 Å². The molecule has 80 valence electrons. The van der Waals surface area contributed by atoms with Crippen LogP contribution in [0.5, 0.6) is 5.75 Å². The molecule has 0 spiro atoms. The molecular weight excluding hydrogens is 212 g/mol. The minimum Gasteiger partial charge on any atom is -0.494 e. The summed E-state index contributed by atoms with van der Waals surface area (Å²) in [6.45, 7) is 2.47. The molecule has 0 radical (unpaired) electrons. The van der Waals surface area contributed by atoms with E-state index in [0.29, 0.717) is 17.3 Å². The number of hydrogen-bond donors (Lipinski definition) is 2. The van der Waals surface area contributed by atoms with E-state index < -0.39 is 0 Å². The van der Waals surface area contributed by atoms with Crippen molar-refractivity contribution in [2.75, 3.05) is 7.11 Å². The molecule has 1 heterocycles. The predicted molar refractivity (Wildman–Crippen MR) is 62.5 cm³/mol. The molecule has 15 heavy (non-hydrogen) atoms. The van der Waals surface area contributed by atoms with Gasteiger partial charge in [0.25, 0.3) is 0 Å². The fraction of sp³-hybridized carbons (Fsp3) is 0.273. The average molecular weight is 225 g/mol. The fourth-order valence-corrected chi connectivity index (χ4v) is 2.12. The monoisotopic (exact) mass is 224 g/mol. The van der Waals surface area contributed by atoms with Crippen molar-refractivity contribution in [3.63, 3.8) is 0 Å². The summed E-state index contributed by atoms with van der Waals surface area (Å²) in [4.78, 5) is 3.26. The minimum atomic E-state index is 0.475. The number of hydrogen-bond acceptors (Lipinski definition) is 2. The Bertz CT molecular complexity index is 505. The van der Waals surface area contributed by atoms with Gasteiger partial charge >= 0.3 is 0 Å². The number of halogens is 1. The first-order chi connectivity index (χ1) is 7.19. The Morgan fingerprint density at radius 2 is 2.20 bits per heavy atom. The second-order valence-electron chi connectivity index (χ2n) is 3.44. The lowest BCUT2D eigenvalue weighted by molar-refractivity contribution is 0.420. The molecule has 1 aromatic heterocycles. The maximum absolute atomic E-state index is 6.06. The summed E-state index contributed by atoms with van der Waals surface area (Å²) in [6.07, 6.45) is 0. The zero-order valence-electron chi connectivity index (χ0n) is 8.73. The van der Waals surface area contributed by atoms with E-state index in [4.69, 9.17) is 22.1 Å². The number of nitrogens with one attached hydrogen (secondary N) is 1. The highest BCUT2D eigenvalue weighted by molar-refractivity contribution is 6.33. The molecule has 3 N–H and O–H groups in total. The van der Waals surface area contributed by atoms with E-state index in [2.05, 4.69) is 4.98 Å². The van der Waals surface area contributed by atoms with Gasteiger partial charge < -0.3 is 15.5 Å². The third-order valence-electron chi connectivity index (χ3n) is 2.59. The van der Waals surface area contributed by atoms with Crippen LogP contribution in [0.1, 0.15) is 11.3 Å². The fourth-order valence-electron chi connectivity index (χ4n) is 1.88. The summed E-state index contributed by atoms with van der Waals surface area (Å²) in [6, 6.07) is 3.76. The number of rotatable bonds is 2. The second-order valence-corrected chi connectivity index (χ2v) is 3.84. The highest BCUT2D eigenvalue weighted by atomic mass is 35.5. The number of aryl methyl sites for hydroxylation is 1. The van der Waals surface area contributed by atoms with Crippen molar-refractivity contribution < 1.29 is 4.74 Å². The normalized spacial score (nSPS) is 10.9. The van der Waals surface area contributed by atoms with E-state index in [-0.39, 0.29) is 0 Å². The van der Waals surface area contributed by atoms with Crippen molar-refractivity contribution in [3.05, 3.63) is 28.4 Å². The van der Waals surface area contributed by atoms with Crippen LogP contribution in [0, 0.1) is 6.92 Å². The molecule has 3 nitrogen and oxygen atoms in total. The molecular formula is C11H13ClN2O. The molecule has 0 aliphatic rings. The molecule has 0 saturated heterocycles. The third-order valence-corrected chi connectivity index (χ3v) is 2.89. The number of benzene rings is 1. The average Bonchev–Trinajstić information content (AvgIpc) is 2.54. The SMILES string of the molecule is COc1c(Cl)ccc2[nH]c(C)c(CN)c12. The van der Waals surface area contributed by atoms with Crippen LogP contribution in [0.3, 0.4) is 0 Å². The van der Waals surface area contributed by atoms with Crippen LogP contribution in [-0.2, 0) is 6.54 Å². The highest BCUT2D eigenvalue weighted by Crippen LogP contribution is 2.36. The number of aromatic amines is 1. The summed E-state index contributed by atoms with van der Waals surface area (Å²) in [5, 5.41) is 1.60. The number of fused-ring (bicyclic) bond motifs is 1. The molecule has 0 aliphatic carbocycles. The quantitative estimate of drug-likeness (QED) is 0.824. The smallest absolute Gasteiger partial charge is 0.147 e. The van der Waals surface area contributed by atoms with Crippen LogP contribution >= 0.6 is 11.6 Å². The minimum absolute atomic E-state index is 0.475. The van der Waals surface area contributed by atoms with Crippen LogP contribution in [0.2, 0.25) is 5.02 Å². The third kappa shape index (κ3) is 1.48. The van der Waals surface area contributed by atoms with Crippen molar-refractivity contribution in [1.29, 1.82) is 0 Å². The van der Waals surface area contributed by atoms with Gasteiger partial charge in [-0.15, -0.1) is 0 Å². The van der Waals surface area contributed by atoms with E-state index in [9.17, 15) is 0 Å². The molecule has 4 heteroatoms. The predicted octanol–water partition coefficient (Wildman–Crippen LogP) is 2.60. The molecule has 0 saturated carbocycles. The molecule has 0 atom stereocenters. The van der Waals surface area contributed by atoms with Gasteiger partial charge in [-0.25, -0.2) is 0 Å². The molecule has 0 aliphatic heterocycles. The van der Waals surface area contributed by atoms with E-state index in [1.807, 2.05) is 19.1 Å². The van der Waals surface area contributed by atoms with Gasteiger partial charge in [0.2, 0.25) is 0 Å². The van der Waals surface area contributed by atoms with Crippen molar-refractivity contribution in [3.8, 4) is 5.75 Å². The zero-order chi connectivity index (χ0) is 11.0. The number of methoxy groups -OCH3 is 1. The Balaban J connectivity index is 2.87. The van der Waals surface area contributed by atoms with E-state index in [0.717, 1.165) is 22.2 Å². The standard InChI is InChI=1S/C11H13ClN2O/c1-6-7(5-13)10-9(14-6)4-3-8(12)11(10)15-2/h3-4,14H,5,13H2,1-2H3. The van der Waals surface area contributed by atoms with Gasteiger partial charge in [-0.1, -0.05) is 11.6 Å². The highest BCUT2D eigenvalue weighted by Gasteiger charge is 2.14. The molecule has 0 bridgehead atoms. The molecule has 2 aromatic rings. The molecule has 0 amide bonds. The molecule has 0 fully saturated rings. The Kier molecular flexibility index (Phi) is 2.59. The summed E-state index contributed by atoms with van der Waals surface area (Å²) in [7, 11) is 1.61. The number of ether oxygens (including phenoxy) is 1. The van der Waals surface area contributed by atoms with Gasteiger partial charge in [-0.05, 0) is 24.6 Å². The van der Waals surface area contributed by atoms with E-state index in [1.54, 1.807) is 7.11 Å². The van der Waals surface area contributed by atoms with Crippen LogP contribution in [0.4, 0.5) is 0 Å². The van der Waals surface area contributed by atoms with Crippen molar-refractivity contribution >= 4 is 22.5 Å². The van der Waals surface area contributed by atoms with Gasteiger partial charge in [0, 0.05) is 23.1 Å². The van der Waals surface area contributed by atoms with Gasteiger partial charge in [-0.3, -0.25) is 0 Å². The first-order valence-electron chi connectivity index (χ1n) is 4.72. The Morgan fingerprint density at radius 3 is 2.80 bits per heavy atom. The van der Waals surface area contributed by atoms with Crippen LogP contribution in [0.25, 0.3) is 10.9 Å². The lowest BCUT2D eigenvalue weighted by Crippen LogP contribution is -1.98. The van der Waals surface area contributed by atoms with Crippen molar-refractivity contribution in [2.24, 2.45) is 5.73 Å². The zero-order valence-corrected chi connectivity index (χ0v) is 9.48. The number of H-pyrrole nitrogens is 1. The van der Waals surface area contributed by atoms with Gasteiger partial charge in [-0.2, -0.15) is 0 Å². The topological polar surface area (TPSA) is 51.0 Å². The van der Waals surface area contributed by atoms with Crippen LogP contribution < -0.4 is 10.5 Å². The van der Waals surface area contributed by atoms with E-state index >= 15 is 0 Å². The van der Waals surface area contributed by atoms with Crippen LogP contribution in [-0.4, -0.2) is 12.1 Å². The van der Waals surface area contributed by atoms with E-state index in [1.165, 1.54) is 0 Å². The summed E-state index contributed by atoms with van der Waals surface area (Å²) in [5.41, 5.74) is 8.85. The molecule has 0 unspecified atom stereocenters. The summed E-state index contributed by atoms with van der Waals surface area (Å²) in [5.74, 6) is 0.693. The Morgan fingerprint density at radius 1 is 1.47 bits per heavy atom. The number of nitrogens with two attached hydrogens (primary N) is 1. The van der Waals surface area contributed by atoms with Gasteiger partial charge in [0.05, 0.1) is 12.1 Å². The molecule has 2 rings (SSSR count). The maximum Gasteiger partial charge on any atom is 0.147 e. The lowest BCUT2D eigenvalue weighted by atomic mass is 10.1. The van der Waals surface area contributed by atoms with Crippen LogP contribution in [0.15, 0.2) is 12.1 Å². The summed E-state index contributed by atoms with van der Waals surface area (Å²) >= 11 is 6.06. The molecule has 1 aromatic carbocycles. The lowest BCUT2D eigenvalue weighted by Gasteiger charge is -2.06. The largest absolute Gasteiger partial charge is 0.494 e.